The van der Waals surface area contributed by atoms with E-state index in [1.165, 1.54) is 7.11 Å². The second kappa shape index (κ2) is 8.00. The number of nitrogens with one attached hydrogen (secondary N) is 2. The van der Waals surface area contributed by atoms with Crippen molar-refractivity contribution in [3.8, 4) is 0 Å². The largest absolute Gasteiger partial charge is 0.453 e. The fourth-order valence-electron chi connectivity index (χ4n) is 3.62. The minimum absolute atomic E-state index is 0.112. The Kier molecular flexibility index (Phi) is 5.67. The normalized spacial score (nSPS) is 17.8. The fourth-order valence-corrected chi connectivity index (χ4v) is 3.62. The smallest absolute Gasteiger partial charge is 0.407 e. The Labute approximate surface area is 163 Å². The number of nitrogens with zero attached hydrogens (tertiary/aromatic N) is 2. The lowest BCUT2D eigenvalue weighted by atomic mass is 10.0. The molecule has 2 amide bonds. The number of amides is 2. The summed E-state index contributed by atoms with van der Waals surface area (Å²) in [6, 6.07) is 4.50. The number of alkyl carbamates (subject to hydrolysis) is 1. The third-order valence-electron chi connectivity index (χ3n) is 5.12. The van der Waals surface area contributed by atoms with Gasteiger partial charge in [-0.2, -0.15) is 0 Å². The number of carbonyl (C=O) groups is 2. The predicted octanol–water partition coefficient (Wildman–Crippen LogP) is 2.28. The quantitative estimate of drug-likeness (QED) is 0.839. The molecule has 1 fully saturated rings. The molecule has 1 aromatic heterocycles. The van der Waals surface area contributed by atoms with Crippen molar-refractivity contribution in [2.24, 2.45) is 5.92 Å². The van der Waals surface area contributed by atoms with Crippen molar-refractivity contribution < 1.29 is 14.3 Å². The number of rotatable bonds is 4. The minimum atomic E-state index is -0.706. The van der Waals surface area contributed by atoms with Crippen molar-refractivity contribution in [2.75, 3.05) is 13.7 Å². The first-order valence-corrected chi connectivity index (χ1v) is 9.47. The number of carbonyl (C=O) groups excluding carboxylic acids is 2. The van der Waals surface area contributed by atoms with Crippen LogP contribution in [0.25, 0.3) is 10.9 Å². The van der Waals surface area contributed by atoms with Crippen molar-refractivity contribution >= 4 is 22.9 Å². The molecule has 0 spiro atoms. The lowest BCUT2D eigenvalue weighted by Gasteiger charge is -2.30. The highest BCUT2D eigenvalue weighted by Crippen LogP contribution is 2.31. The lowest BCUT2D eigenvalue weighted by Crippen LogP contribution is -2.51. The molecule has 2 heterocycles. The van der Waals surface area contributed by atoms with Gasteiger partial charge in [0.25, 0.3) is 5.56 Å². The number of fused-ring (bicyclic) bond motifs is 1. The first-order chi connectivity index (χ1) is 13.3. The number of hydrogen-bond donors (Lipinski definition) is 2. The molecule has 2 atom stereocenters. The summed E-state index contributed by atoms with van der Waals surface area (Å²) in [4.78, 5) is 46.5. The standard InChI is InChI=1S/C20H26N4O4/c1-11(2)16(22-20(27)28-4)19(26)24-9-5-6-15(24)17-21-14-8-7-12(3)10-13(14)18(25)23-17/h7-8,10-11,15-16H,5-6,9H2,1-4H3,(H,22,27)(H,21,23,25)/t15-,16-/m0/s1. The van der Waals surface area contributed by atoms with Gasteiger partial charge in [0.05, 0.1) is 24.1 Å². The van der Waals surface area contributed by atoms with Crippen molar-refractivity contribution in [2.45, 2.75) is 45.7 Å². The van der Waals surface area contributed by atoms with Crippen LogP contribution in [0, 0.1) is 12.8 Å². The second-order valence-corrected chi connectivity index (χ2v) is 7.52. The maximum Gasteiger partial charge on any atom is 0.407 e. The summed E-state index contributed by atoms with van der Waals surface area (Å²) in [5.74, 6) is 0.168. The molecule has 0 radical (unpaired) electrons. The van der Waals surface area contributed by atoms with Crippen molar-refractivity contribution in [1.82, 2.24) is 20.2 Å². The summed E-state index contributed by atoms with van der Waals surface area (Å²) >= 11 is 0. The highest BCUT2D eigenvalue weighted by Gasteiger charge is 2.37. The van der Waals surface area contributed by atoms with Crippen LogP contribution in [-0.4, -0.2) is 46.6 Å². The van der Waals surface area contributed by atoms with E-state index >= 15 is 0 Å². The Bertz CT molecular complexity index is 953. The summed E-state index contributed by atoms with van der Waals surface area (Å²) in [5.41, 5.74) is 1.38. The highest BCUT2D eigenvalue weighted by molar-refractivity contribution is 5.86. The first kappa shape index (κ1) is 19.9. The summed E-state index contributed by atoms with van der Waals surface area (Å²) in [5, 5.41) is 3.15. The van der Waals surface area contributed by atoms with Crippen LogP contribution in [0.5, 0.6) is 0 Å². The van der Waals surface area contributed by atoms with Gasteiger partial charge >= 0.3 is 6.09 Å². The van der Waals surface area contributed by atoms with Gasteiger partial charge in [-0.15, -0.1) is 0 Å². The molecule has 1 saturated heterocycles. The van der Waals surface area contributed by atoms with Crippen LogP contribution >= 0.6 is 0 Å². The molecule has 1 aromatic carbocycles. The second-order valence-electron chi connectivity index (χ2n) is 7.52. The molecule has 3 rings (SSSR count). The Morgan fingerprint density at radius 3 is 2.79 bits per heavy atom. The highest BCUT2D eigenvalue weighted by atomic mass is 16.5. The van der Waals surface area contributed by atoms with Gasteiger partial charge in [0.15, 0.2) is 0 Å². The average molecular weight is 386 g/mol. The van der Waals surface area contributed by atoms with Gasteiger partial charge in [0.1, 0.15) is 11.9 Å². The minimum Gasteiger partial charge on any atom is -0.453 e. The van der Waals surface area contributed by atoms with Crippen LogP contribution in [0.1, 0.15) is 44.1 Å². The van der Waals surface area contributed by atoms with Crippen molar-refractivity contribution in [3.63, 3.8) is 0 Å². The van der Waals surface area contributed by atoms with Gasteiger partial charge in [-0.25, -0.2) is 9.78 Å². The van der Waals surface area contributed by atoms with E-state index in [4.69, 9.17) is 0 Å². The van der Waals surface area contributed by atoms with E-state index in [0.717, 1.165) is 12.0 Å². The zero-order valence-electron chi connectivity index (χ0n) is 16.6. The van der Waals surface area contributed by atoms with Crippen LogP contribution in [0.4, 0.5) is 4.79 Å². The Morgan fingerprint density at radius 2 is 2.11 bits per heavy atom. The van der Waals surface area contributed by atoms with E-state index < -0.39 is 12.1 Å². The van der Waals surface area contributed by atoms with Gasteiger partial charge in [0.2, 0.25) is 5.91 Å². The molecule has 150 valence electrons. The predicted molar refractivity (Wildman–Crippen MR) is 105 cm³/mol. The van der Waals surface area contributed by atoms with E-state index in [9.17, 15) is 14.4 Å². The van der Waals surface area contributed by atoms with E-state index in [1.54, 1.807) is 11.0 Å². The number of aromatic amines is 1. The lowest BCUT2D eigenvalue weighted by molar-refractivity contribution is -0.135. The molecule has 0 bridgehead atoms. The molecule has 8 heteroatoms. The molecule has 1 aliphatic heterocycles. The average Bonchev–Trinajstić information content (AvgIpc) is 3.15. The number of ether oxygens (including phenoxy) is 1. The zero-order chi connectivity index (χ0) is 20.4. The Hall–Kier alpha value is -2.90. The van der Waals surface area contributed by atoms with Gasteiger partial charge in [-0.05, 0) is 37.8 Å². The topological polar surface area (TPSA) is 104 Å². The summed E-state index contributed by atoms with van der Waals surface area (Å²) in [6.45, 7) is 6.19. The number of H-pyrrole nitrogens is 1. The van der Waals surface area contributed by atoms with Gasteiger partial charge in [-0.3, -0.25) is 9.59 Å². The SMILES string of the molecule is COC(=O)N[C@H](C(=O)N1CCC[C@H]1c1nc2ccc(C)cc2c(=O)[nH]1)C(C)C. The maximum absolute atomic E-state index is 13.2. The van der Waals surface area contributed by atoms with Crippen molar-refractivity contribution in [3.05, 3.63) is 39.9 Å². The maximum atomic E-state index is 13.2. The Morgan fingerprint density at radius 1 is 1.36 bits per heavy atom. The molecule has 2 N–H and O–H groups in total. The summed E-state index contributed by atoms with van der Waals surface area (Å²) in [7, 11) is 1.27. The molecule has 0 saturated carbocycles. The van der Waals surface area contributed by atoms with E-state index in [1.807, 2.05) is 32.9 Å². The molecule has 28 heavy (non-hydrogen) atoms. The molecule has 0 aliphatic carbocycles. The van der Waals surface area contributed by atoms with Crippen LogP contribution in [-0.2, 0) is 9.53 Å². The monoisotopic (exact) mass is 386 g/mol. The van der Waals surface area contributed by atoms with Crippen LogP contribution in [0.3, 0.4) is 0 Å². The number of hydrogen-bond acceptors (Lipinski definition) is 5. The van der Waals surface area contributed by atoms with Crippen LogP contribution < -0.4 is 10.9 Å². The van der Waals surface area contributed by atoms with Gasteiger partial charge in [0, 0.05) is 6.54 Å². The number of likely N-dealkylation sites (tertiary alicyclic amines) is 1. The summed E-state index contributed by atoms with van der Waals surface area (Å²) in [6.07, 6.45) is 0.861. The molecular weight excluding hydrogens is 360 g/mol. The third kappa shape index (κ3) is 3.85. The first-order valence-electron chi connectivity index (χ1n) is 9.47. The van der Waals surface area contributed by atoms with E-state index in [2.05, 4.69) is 20.0 Å². The number of aryl methyl sites for hydroxylation is 1. The van der Waals surface area contributed by atoms with Crippen LogP contribution in [0.2, 0.25) is 0 Å². The number of methoxy groups -OCH3 is 1. The van der Waals surface area contributed by atoms with E-state index in [0.29, 0.717) is 29.7 Å². The zero-order valence-corrected chi connectivity index (χ0v) is 16.6. The van der Waals surface area contributed by atoms with E-state index in [-0.39, 0.29) is 23.4 Å². The third-order valence-corrected chi connectivity index (χ3v) is 5.12. The Balaban J connectivity index is 1.93. The van der Waals surface area contributed by atoms with Gasteiger partial charge < -0.3 is 19.9 Å². The number of benzene rings is 1. The summed E-state index contributed by atoms with van der Waals surface area (Å²) < 4.78 is 4.65. The molecular formula is C20H26N4O4. The molecule has 2 aromatic rings. The molecule has 1 aliphatic rings. The fraction of sp³-hybridized carbons (Fsp3) is 0.500. The van der Waals surface area contributed by atoms with Crippen LogP contribution in [0.15, 0.2) is 23.0 Å². The van der Waals surface area contributed by atoms with Gasteiger partial charge in [-0.1, -0.05) is 25.5 Å². The molecule has 8 nitrogen and oxygen atoms in total. The van der Waals surface area contributed by atoms with Crippen molar-refractivity contribution in [1.29, 1.82) is 0 Å². The molecule has 0 unspecified atom stereocenters. The number of aromatic nitrogens is 2.